The van der Waals surface area contributed by atoms with E-state index in [4.69, 9.17) is 10.5 Å². The molecule has 2 rings (SSSR count). The highest BCUT2D eigenvalue weighted by atomic mass is 16.5. The topological polar surface area (TPSA) is 64.3 Å². The Morgan fingerprint density at radius 2 is 2.31 bits per heavy atom. The molecule has 0 spiro atoms. The molecule has 2 unspecified atom stereocenters. The van der Waals surface area contributed by atoms with Gasteiger partial charge < -0.3 is 15.8 Å². The van der Waals surface area contributed by atoms with Crippen LogP contribution in [0.15, 0.2) is 0 Å². The van der Waals surface area contributed by atoms with Gasteiger partial charge in [-0.15, -0.1) is 0 Å². The Morgan fingerprint density at radius 1 is 1.56 bits per heavy atom. The van der Waals surface area contributed by atoms with Crippen LogP contribution in [-0.4, -0.2) is 30.7 Å². The van der Waals surface area contributed by atoms with Crippen molar-refractivity contribution in [3.8, 4) is 0 Å². The molecule has 1 aliphatic heterocycles. The van der Waals surface area contributed by atoms with Crippen molar-refractivity contribution in [3.63, 3.8) is 0 Å². The van der Waals surface area contributed by atoms with Crippen molar-refractivity contribution < 1.29 is 9.53 Å². The summed E-state index contributed by atoms with van der Waals surface area (Å²) in [6.07, 6.45) is 5.10. The molecule has 1 heterocycles. The minimum Gasteiger partial charge on any atom is -0.377 e. The summed E-state index contributed by atoms with van der Waals surface area (Å²) in [5.74, 6) is 0.184. The molecule has 0 aromatic rings. The summed E-state index contributed by atoms with van der Waals surface area (Å²) in [6, 6.07) is 0. The number of hydrogen-bond acceptors (Lipinski definition) is 3. The van der Waals surface area contributed by atoms with E-state index in [1.54, 1.807) is 0 Å². The number of nitrogens with two attached hydrogens (primary N) is 1. The predicted molar refractivity (Wildman–Crippen MR) is 61.9 cm³/mol. The first-order chi connectivity index (χ1) is 7.71. The number of nitrogens with one attached hydrogen (secondary N) is 1. The minimum atomic E-state index is -0.0992. The second-order valence-electron chi connectivity index (χ2n) is 5.04. The van der Waals surface area contributed by atoms with Crippen LogP contribution in [0, 0.1) is 5.92 Å². The van der Waals surface area contributed by atoms with E-state index < -0.39 is 0 Å². The first-order valence-electron chi connectivity index (χ1n) is 6.34. The van der Waals surface area contributed by atoms with Crippen molar-refractivity contribution in [2.45, 2.75) is 50.7 Å². The highest BCUT2D eigenvalue weighted by molar-refractivity contribution is 5.80. The zero-order valence-corrected chi connectivity index (χ0v) is 10.00. The van der Waals surface area contributed by atoms with E-state index in [1.165, 1.54) is 6.42 Å². The third kappa shape index (κ3) is 2.09. The van der Waals surface area contributed by atoms with Crippen molar-refractivity contribution in [1.82, 2.24) is 5.32 Å². The van der Waals surface area contributed by atoms with Crippen LogP contribution in [0.25, 0.3) is 0 Å². The molecule has 1 amide bonds. The number of hydrogen-bond donors (Lipinski definition) is 2. The molecule has 1 aliphatic carbocycles. The molecule has 2 fully saturated rings. The molecule has 0 bridgehead atoms. The number of ether oxygens (including phenoxy) is 1. The van der Waals surface area contributed by atoms with Gasteiger partial charge >= 0.3 is 0 Å². The Morgan fingerprint density at radius 3 is 2.81 bits per heavy atom. The van der Waals surface area contributed by atoms with Crippen LogP contribution in [0.2, 0.25) is 0 Å². The normalized spacial score (nSPS) is 32.1. The van der Waals surface area contributed by atoms with Gasteiger partial charge in [-0.1, -0.05) is 6.92 Å². The van der Waals surface area contributed by atoms with Crippen LogP contribution in [0.3, 0.4) is 0 Å². The Balaban J connectivity index is 1.92. The van der Waals surface area contributed by atoms with E-state index in [1.807, 2.05) is 0 Å². The minimum absolute atomic E-state index is 0.0361. The monoisotopic (exact) mass is 226 g/mol. The van der Waals surface area contributed by atoms with Crippen LogP contribution in [0.1, 0.15) is 39.0 Å². The van der Waals surface area contributed by atoms with Crippen LogP contribution < -0.4 is 11.1 Å². The molecule has 4 nitrogen and oxygen atoms in total. The molecular weight excluding hydrogens is 204 g/mol. The molecule has 92 valence electrons. The predicted octanol–water partition coefficient (Wildman–Crippen LogP) is 0.799. The Hall–Kier alpha value is -0.610. The zero-order chi connectivity index (χ0) is 11.6. The summed E-state index contributed by atoms with van der Waals surface area (Å²) in [5, 5.41) is 3.14. The summed E-state index contributed by atoms with van der Waals surface area (Å²) in [7, 11) is 0. The second kappa shape index (κ2) is 4.72. The zero-order valence-electron chi connectivity index (χ0n) is 10.00. The third-order valence-electron chi connectivity index (χ3n) is 4.04. The summed E-state index contributed by atoms with van der Waals surface area (Å²) in [5.41, 5.74) is 5.64. The lowest BCUT2D eigenvalue weighted by Crippen LogP contribution is -2.59. The SMILES string of the molecule is CCC1OCCC1C(=O)NC1(CN)CCC1. The van der Waals surface area contributed by atoms with E-state index in [-0.39, 0.29) is 23.5 Å². The average Bonchev–Trinajstić information content (AvgIpc) is 2.71. The Labute approximate surface area is 96.9 Å². The molecule has 0 radical (unpaired) electrons. The fourth-order valence-electron chi connectivity index (χ4n) is 2.69. The second-order valence-corrected chi connectivity index (χ2v) is 5.04. The van der Waals surface area contributed by atoms with Crippen LogP contribution >= 0.6 is 0 Å². The van der Waals surface area contributed by atoms with Crippen LogP contribution in [0.5, 0.6) is 0 Å². The number of rotatable bonds is 4. The van der Waals surface area contributed by atoms with Crippen LogP contribution in [0.4, 0.5) is 0 Å². The van der Waals surface area contributed by atoms with Crippen molar-refractivity contribution in [2.75, 3.05) is 13.2 Å². The van der Waals surface area contributed by atoms with E-state index in [0.29, 0.717) is 13.2 Å². The standard InChI is InChI=1S/C12H22N2O2/c1-2-10-9(4-7-16-10)11(15)14-12(8-13)5-3-6-12/h9-10H,2-8,13H2,1H3,(H,14,15). The van der Waals surface area contributed by atoms with E-state index >= 15 is 0 Å². The van der Waals surface area contributed by atoms with Gasteiger partial charge in [0.1, 0.15) is 0 Å². The van der Waals surface area contributed by atoms with Gasteiger partial charge in [0, 0.05) is 13.2 Å². The lowest BCUT2D eigenvalue weighted by Gasteiger charge is -2.42. The maximum Gasteiger partial charge on any atom is 0.226 e. The Kier molecular flexibility index (Phi) is 3.50. The maximum absolute atomic E-state index is 12.1. The van der Waals surface area contributed by atoms with Crippen molar-refractivity contribution in [1.29, 1.82) is 0 Å². The number of carbonyl (C=O) groups excluding carboxylic acids is 1. The third-order valence-corrected chi connectivity index (χ3v) is 4.04. The molecule has 1 saturated carbocycles. The van der Waals surface area contributed by atoms with E-state index in [9.17, 15) is 4.79 Å². The Bertz CT molecular complexity index is 258. The summed E-state index contributed by atoms with van der Waals surface area (Å²) < 4.78 is 5.54. The smallest absolute Gasteiger partial charge is 0.226 e. The molecule has 4 heteroatoms. The van der Waals surface area contributed by atoms with Gasteiger partial charge in [0.2, 0.25) is 5.91 Å². The van der Waals surface area contributed by atoms with Gasteiger partial charge in [0.05, 0.1) is 17.6 Å². The first kappa shape index (κ1) is 11.9. The summed E-state index contributed by atoms with van der Waals surface area (Å²) in [4.78, 5) is 12.1. The fourth-order valence-corrected chi connectivity index (χ4v) is 2.69. The summed E-state index contributed by atoms with van der Waals surface area (Å²) >= 11 is 0. The lowest BCUT2D eigenvalue weighted by molar-refractivity contribution is -0.129. The molecular formula is C12H22N2O2. The average molecular weight is 226 g/mol. The summed E-state index contributed by atoms with van der Waals surface area (Å²) in [6.45, 7) is 3.34. The molecule has 1 saturated heterocycles. The molecule has 0 aromatic heterocycles. The van der Waals surface area contributed by atoms with Crippen molar-refractivity contribution in [3.05, 3.63) is 0 Å². The molecule has 2 atom stereocenters. The molecule has 16 heavy (non-hydrogen) atoms. The quantitative estimate of drug-likeness (QED) is 0.745. The van der Waals surface area contributed by atoms with Gasteiger partial charge in [0.25, 0.3) is 0 Å². The maximum atomic E-state index is 12.1. The van der Waals surface area contributed by atoms with Gasteiger partial charge in [0.15, 0.2) is 0 Å². The number of carbonyl (C=O) groups is 1. The largest absolute Gasteiger partial charge is 0.377 e. The van der Waals surface area contributed by atoms with Gasteiger partial charge in [-0.3, -0.25) is 4.79 Å². The van der Waals surface area contributed by atoms with Crippen molar-refractivity contribution in [2.24, 2.45) is 11.7 Å². The van der Waals surface area contributed by atoms with Gasteiger partial charge in [-0.25, -0.2) is 0 Å². The number of amides is 1. The van der Waals surface area contributed by atoms with Crippen LogP contribution in [-0.2, 0) is 9.53 Å². The molecule has 3 N–H and O–H groups in total. The lowest BCUT2D eigenvalue weighted by atomic mass is 9.76. The highest BCUT2D eigenvalue weighted by Crippen LogP contribution is 2.32. The first-order valence-corrected chi connectivity index (χ1v) is 6.34. The van der Waals surface area contributed by atoms with E-state index in [2.05, 4.69) is 12.2 Å². The van der Waals surface area contributed by atoms with Crippen molar-refractivity contribution >= 4 is 5.91 Å². The van der Waals surface area contributed by atoms with Gasteiger partial charge in [-0.05, 0) is 32.1 Å². The molecule has 2 aliphatic rings. The fraction of sp³-hybridized carbons (Fsp3) is 0.917. The van der Waals surface area contributed by atoms with E-state index in [0.717, 1.165) is 25.7 Å². The molecule has 0 aromatic carbocycles. The van der Waals surface area contributed by atoms with Gasteiger partial charge in [-0.2, -0.15) is 0 Å². The highest BCUT2D eigenvalue weighted by Gasteiger charge is 2.41.